The Hall–Kier alpha value is -1.02. The molecule has 1 aliphatic heterocycles. The average Bonchev–Trinajstić information content (AvgIpc) is 2.31. The summed E-state index contributed by atoms with van der Waals surface area (Å²) in [6.07, 6.45) is 1.11. The first-order valence-corrected chi connectivity index (χ1v) is 5.73. The Kier molecular flexibility index (Phi) is 3.27. The molecule has 0 bridgehead atoms. The number of hydrogen-bond donors (Lipinski definition) is 0. The quantitative estimate of drug-likeness (QED) is 0.735. The zero-order valence-electron chi connectivity index (χ0n) is 9.62. The first-order valence-electron chi connectivity index (χ1n) is 5.73. The zero-order chi connectivity index (χ0) is 10.7. The smallest absolute Gasteiger partial charge is 0.0642 e. The number of nitrogens with zero attached hydrogens (tertiary/aromatic N) is 1. The lowest BCUT2D eigenvalue weighted by atomic mass is 10.1. The van der Waals surface area contributed by atoms with Gasteiger partial charge in [0.05, 0.1) is 13.2 Å². The van der Waals surface area contributed by atoms with Gasteiger partial charge in [0.2, 0.25) is 0 Å². The second-order valence-electron chi connectivity index (χ2n) is 4.07. The van der Waals surface area contributed by atoms with E-state index in [2.05, 4.69) is 36.9 Å². The lowest BCUT2D eigenvalue weighted by Crippen LogP contribution is -2.36. The van der Waals surface area contributed by atoms with Gasteiger partial charge in [0.1, 0.15) is 0 Å². The normalized spacial score (nSPS) is 16.8. The summed E-state index contributed by atoms with van der Waals surface area (Å²) in [7, 11) is 0. The molecule has 82 valence electrons. The Labute approximate surface area is 91.9 Å². The number of ether oxygens (including phenoxy) is 1. The molecule has 1 fully saturated rings. The molecule has 1 aromatic rings. The van der Waals surface area contributed by atoms with E-state index in [-0.39, 0.29) is 0 Å². The lowest BCUT2D eigenvalue weighted by molar-refractivity contribution is 0.122. The molecule has 0 radical (unpaired) electrons. The van der Waals surface area contributed by atoms with Crippen LogP contribution in [0.15, 0.2) is 18.2 Å². The molecule has 0 spiro atoms. The van der Waals surface area contributed by atoms with Crippen molar-refractivity contribution in [3.8, 4) is 0 Å². The summed E-state index contributed by atoms with van der Waals surface area (Å²) in [5.41, 5.74) is 4.17. The molecule has 2 heteroatoms. The third-order valence-electron chi connectivity index (χ3n) is 3.03. The highest BCUT2D eigenvalue weighted by atomic mass is 16.5. The Morgan fingerprint density at radius 1 is 1.27 bits per heavy atom. The van der Waals surface area contributed by atoms with Crippen LogP contribution in [0.25, 0.3) is 0 Å². The van der Waals surface area contributed by atoms with E-state index in [1.807, 2.05) is 0 Å². The predicted molar refractivity (Wildman–Crippen MR) is 63.6 cm³/mol. The molecule has 15 heavy (non-hydrogen) atoms. The van der Waals surface area contributed by atoms with E-state index < -0.39 is 0 Å². The summed E-state index contributed by atoms with van der Waals surface area (Å²) < 4.78 is 5.38. The van der Waals surface area contributed by atoms with Gasteiger partial charge in [-0.2, -0.15) is 0 Å². The Morgan fingerprint density at radius 2 is 2.00 bits per heavy atom. The Balaban J connectivity index is 2.24. The first-order chi connectivity index (χ1) is 7.31. The fourth-order valence-corrected chi connectivity index (χ4v) is 2.02. The van der Waals surface area contributed by atoms with Gasteiger partial charge >= 0.3 is 0 Å². The van der Waals surface area contributed by atoms with Crippen LogP contribution in [0, 0.1) is 6.92 Å². The molecule has 1 saturated heterocycles. The molecule has 2 rings (SSSR count). The monoisotopic (exact) mass is 205 g/mol. The number of anilines is 1. The largest absolute Gasteiger partial charge is 0.378 e. The SMILES string of the molecule is CCc1ccc(C)c(N2CCOCC2)c1. The van der Waals surface area contributed by atoms with Crippen molar-refractivity contribution < 1.29 is 4.74 Å². The molecule has 0 N–H and O–H groups in total. The summed E-state index contributed by atoms with van der Waals surface area (Å²) in [5.74, 6) is 0. The van der Waals surface area contributed by atoms with Crippen molar-refractivity contribution in [2.24, 2.45) is 0 Å². The van der Waals surface area contributed by atoms with E-state index in [0.29, 0.717) is 0 Å². The van der Waals surface area contributed by atoms with E-state index in [1.165, 1.54) is 16.8 Å². The highest BCUT2D eigenvalue weighted by Gasteiger charge is 2.13. The minimum absolute atomic E-state index is 0.857. The number of benzene rings is 1. The van der Waals surface area contributed by atoms with Crippen LogP contribution in [0.1, 0.15) is 18.1 Å². The second kappa shape index (κ2) is 4.67. The minimum Gasteiger partial charge on any atom is -0.378 e. The van der Waals surface area contributed by atoms with Crippen molar-refractivity contribution >= 4 is 5.69 Å². The summed E-state index contributed by atoms with van der Waals surface area (Å²) in [4.78, 5) is 2.43. The average molecular weight is 205 g/mol. The molecule has 0 amide bonds. The zero-order valence-corrected chi connectivity index (χ0v) is 9.62. The molecule has 0 aromatic heterocycles. The number of hydrogen-bond acceptors (Lipinski definition) is 2. The van der Waals surface area contributed by atoms with Crippen LogP contribution >= 0.6 is 0 Å². The molecule has 0 atom stereocenters. The van der Waals surface area contributed by atoms with Gasteiger partial charge in [0.25, 0.3) is 0 Å². The molecule has 2 nitrogen and oxygen atoms in total. The van der Waals surface area contributed by atoms with Crippen LogP contribution in [0.5, 0.6) is 0 Å². The maximum atomic E-state index is 5.38. The molecule has 1 heterocycles. The highest BCUT2D eigenvalue weighted by Crippen LogP contribution is 2.22. The van der Waals surface area contributed by atoms with Gasteiger partial charge in [0.15, 0.2) is 0 Å². The van der Waals surface area contributed by atoms with Crippen molar-refractivity contribution in [1.29, 1.82) is 0 Å². The lowest BCUT2D eigenvalue weighted by Gasteiger charge is -2.30. The maximum Gasteiger partial charge on any atom is 0.0642 e. The van der Waals surface area contributed by atoms with Crippen molar-refractivity contribution in [1.82, 2.24) is 0 Å². The van der Waals surface area contributed by atoms with E-state index in [0.717, 1.165) is 32.7 Å². The van der Waals surface area contributed by atoms with Crippen LogP contribution in [0.2, 0.25) is 0 Å². The summed E-state index contributed by atoms with van der Waals surface area (Å²) >= 11 is 0. The predicted octanol–water partition coefficient (Wildman–Crippen LogP) is 2.39. The van der Waals surface area contributed by atoms with Gasteiger partial charge in [0, 0.05) is 18.8 Å². The van der Waals surface area contributed by atoms with Crippen molar-refractivity contribution in [2.75, 3.05) is 31.2 Å². The van der Waals surface area contributed by atoms with Crippen LogP contribution in [-0.2, 0) is 11.2 Å². The molecule has 0 unspecified atom stereocenters. The van der Waals surface area contributed by atoms with Gasteiger partial charge < -0.3 is 9.64 Å². The Morgan fingerprint density at radius 3 is 2.67 bits per heavy atom. The van der Waals surface area contributed by atoms with E-state index >= 15 is 0 Å². The molecule has 0 saturated carbocycles. The fraction of sp³-hybridized carbons (Fsp3) is 0.538. The van der Waals surface area contributed by atoms with Crippen LogP contribution < -0.4 is 4.90 Å². The van der Waals surface area contributed by atoms with Gasteiger partial charge in [-0.05, 0) is 30.5 Å². The third-order valence-corrected chi connectivity index (χ3v) is 3.03. The highest BCUT2D eigenvalue weighted by molar-refractivity contribution is 5.55. The molecule has 1 aromatic carbocycles. The van der Waals surface area contributed by atoms with Crippen molar-refractivity contribution in [3.63, 3.8) is 0 Å². The second-order valence-corrected chi connectivity index (χ2v) is 4.07. The minimum atomic E-state index is 0.857. The number of morpholine rings is 1. The maximum absolute atomic E-state index is 5.38. The topological polar surface area (TPSA) is 12.5 Å². The van der Waals surface area contributed by atoms with Crippen LogP contribution in [0.3, 0.4) is 0 Å². The van der Waals surface area contributed by atoms with Gasteiger partial charge in [-0.25, -0.2) is 0 Å². The fourth-order valence-electron chi connectivity index (χ4n) is 2.02. The number of rotatable bonds is 2. The van der Waals surface area contributed by atoms with Gasteiger partial charge in [-0.15, -0.1) is 0 Å². The first kappa shape index (κ1) is 10.5. The van der Waals surface area contributed by atoms with Crippen molar-refractivity contribution in [2.45, 2.75) is 20.3 Å². The molecule has 1 aliphatic rings. The number of aryl methyl sites for hydroxylation is 2. The molecular weight excluding hydrogens is 186 g/mol. The molecule has 0 aliphatic carbocycles. The third kappa shape index (κ3) is 2.32. The van der Waals surface area contributed by atoms with Crippen molar-refractivity contribution in [3.05, 3.63) is 29.3 Å². The summed E-state index contributed by atoms with van der Waals surface area (Å²) in [5, 5.41) is 0. The van der Waals surface area contributed by atoms with E-state index in [4.69, 9.17) is 4.74 Å². The van der Waals surface area contributed by atoms with Gasteiger partial charge in [-0.1, -0.05) is 19.1 Å². The standard InChI is InChI=1S/C13H19NO/c1-3-12-5-4-11(2)13(10-12)14-6-8-15-9-7-14/h4-5,10H,3,6-9H2,1-2H3. The van der Waals surface area contributed by atoms with Gasteiger partial charge in [-0.3, -0.25) is 0 Å². The van der Waals surface area contributed by atoms with E-state index in [1.54, 1.807) is 0 Å². The summed E-state index contributed by atoms with van der Waals surface area (Å²) in [6, 6.07) is 6.77. The Bertz CT molecular complexity index is 329. The van der Waals surface area contributed by atoms with E-state index in [9.17, 15) is 0 Å². The van der Waals surface area contributed by atoms with Crippen LogP contribution in [0.4, 0.5) is 5.69 Å². The van der Waals surface area contributed by atoms with Crippen LogP contribution in [-0.4, -0.2) is 26.3 Å². The molecular formula is C13H19NO. The summed E-state index contributed by atoms with van der Waals surface area (Å²) in [6.45, 7) is 8.14.